The molecule has 0 aliphatic heterocycles. The third-order valence-corrected chi connectivity index (χ3v) is 1.65. The van der Waals surface area contributed by atoms with Crippen LogP contribution in [-0.4, -0.2) is 57.7 Å². The quantitative estimate of drug-likeness (QED) is 0.200. The fourth-order valence-electron chi connectivity index (χ4n) is 0.772. The van der Waals surface area contributed by atoms with Crippen LogP contribution < -0.4 is 5.73 Å². The van der Waals surface area contributed by atoms with E-state index in [9.17, 15) is 14.9 Å². The van der Waals surface area contributed by atoms with E-state index >= 15 is 0 Å². The lowest BCUT2D eigenvalue weighted by molar-refractivity contribution is -0.759. The second kappa shape index (κ2) is 6.24. The second-order valence-electron chi connectivity index (χ2n) is 2.78. The minimum atomic E-state index is -1.80. The standard InChI is InChI=1S/C6H12N2O7/c7-3(1-9)5(11)6(12)4(10)2-15-8(13)14/h1,3-6,10-12H,2,7H2/t3-,4-,5-,6-/m1/s1. The van der Waals surface area contributed by atoms with Gasteiger partial charge in [-0.25, -0.2) is 0 Å². The zero-order chi connectivity index (χ0) is 12.0. The summed E-state index contributed by atoms with van der Waals surface area (Å²) < 4.78 is 0. The average Bonchev–Trinajstić information content (AvgIpc) is 2.22. The number of rotatable bonds is 7. The summed E-state index contributed by atoms with van der Waals surface area (Å²) in [7, 11) is 0. The zero-order valence-electron chi connectivity index (χ0n) is 7.59. The molecule has 0 bridgehead atoms. The third-order valence-electron chi connectivity index (χ3n) is 1.65. The number of hydrogen-bond donors (Lipinski definition) is 4. The highest BCUT2D eigenvalue weighted by Gasteiger charge is 2.29. The Morgan fingerprint density at radius 1 is 1.40 bits per heavy atom. The molecular weight excluding hydrogens is 212 g/mol. The van der Waals surface area contributed by atoms with E-state index in [0.29, 0.717) is 0 Å². The molecule has 0 radical (unpaired) electrons. The van der Waals surface area contributed by atoms with Crippen molar-refractivity contribution in [3.63, 3.8) is 0 Å². The van der Waals surface area contributed by atoms with Gasteiger partial charge in [-0.3, -0.25) is 0 Å². The van der Waals surface area contributed by atoms with E-state index in [1.54, 1.807) is 0 Å². The van der Waals surface area contributed by atoms with Crippen LogP contribution in [-0.2, 0) is 9.63 Å². The molecule has 0 aromatic rings. The first-order valence-electron chi connectivity index (χ1n) is 3.92. The van der Waals surface area contributed by atoms with Crippen LogP contribution in [0.4, 0.5) is 0 Å². The molecular formula is C6H12N2O7. The summed E-state index contributed by atoms with van der Waals surface area (Å²) in [5, 5.41) is 35.9. The van der Waals surface area contributed by atoms with E-state index in [-0.39, 0.29) is 6.29 Å². The fraction of sp³-hybridized carbons (Fsp3) is 0.833. The molecule has 5 N–H and O–H groups in total. The molecule has 0 amide bonds. The van der Waals surface area contributed by atoms with Crippen molar-refractivity contribution in [3.05, 3.63) is 10.1 Å². The molecule has 0 heterocycles. The van der Waals surface area contributed by atoms with Crippen molar-refractivity contribution in [2.75, 3.05) is 6.61 Å². The van der Waals surface area contributed by atoms with E-state index in [0.717, 1.165) is 0 Å². The molecule has 0 saturated carbocycles. The van der Waals surface area contributed by atoms with Crippen LogP contribution in [0.15, 0.2) is 0 Å². The van der Waals surface area contributed by atoms with E-state index in [2.05, 4.69) is 4.84 Å². The molecule has 88 valence electrons. The molecule has 9 nitrogen and oxygen atoms in total. The third kappa shape index (κ3) is 4.65. The summed E-state index contributed by atoms with van der Waals surface area (Å²) in [6, 6.07) is -1.38. The second-order valence-corrected chi connectivity index (χ2v) is 2.78. The van der Waals surface area contributed by atoms with Crippen LogP contribution in [0.1, 0.15) is 0 Å². The molecule has 4 atom stereocenters. The summed E-state index contributed by atoms with van der Waals surface area (Å²) in [6.45, 7) is -0.823. The number of carbonyl (C=O) groups is 1. The predicted octanol–water partition coefficient (Wildman–Crippen LogP) is -3.20. The first-order valence-corrected chi connectivity index (χ1v) is 3.92. The van der Waals surface area contributed by atoms with Gasteiger partial charge in [-0.1, -0.05) is 0 Å². The van der Waals surface area contributed by atoms with Gasteiger partial charge in [0.05, 0.1) is 6.04 Å². The number of nitrogens with two attached hydrogens (primary N) is 1. The SMILES string of the molecule is N[C@H](C=O)[C@@H](O)[C@H](O)[C@H](O)CO[N+](=O)[O-]. The van der Waals surface area contributed by atoms with E-state index in [4.69, 9.17) is 21.1 Å². The number of carbonyl (C=O) groups excluding carboxylic acids is 1. The molecule has 0 aromatic carbocycles. The van der Waals surface area contributed by atoms with Crippen LogP contribution >= 0.6 is 0 Å². The van der Waals surface area contributed by atoms with Crippen LogP contribution in [0.3, 0.4) is 0 Å². The minimum Gasteiger partial charge on any atom is -0.388 e. The minimum absolute atomic E-state index is 0.176. The van der Waals surface area contributed by atoms with Crippen molar-refractivity contribution >= 4 is 6.29 Å². The van der Waals surface area contributed by atoms with Crippen molar-refractivity contribution < 1.29 is 30.0 Å². The maximum atomic E-state index is 10.1. The molecule has 15 heavy (non-hydrogen) atoms. The molecule has 0 spiro atoms. The van der Waals surface area contributed by atoms with Gasteiger partial charge in [0.2, 0.25) is 0 Å². The van der Waals surface area contributed by atoms with Gasteiger partial charge in [-0.05, 0) is 0 Å². The zero-order valence-corrected chi connectivity index (χ0v) is 7.59. The summed E-state index contributed by atoms with van der Waals surface area (Å²) in [4.78, 5) is 23.6. The highest BCUT2D eigenvalue weighted by Crippen LogP contribution is 2.03. The number of aliphatic hydroxyl groups excluding tert-OH is 3. The maximum absolute atomic E-state index is 10.1. The summed E-state index contributed by atoms with van der Waals surface area (Å²) in [6.07, 6.45) is -5.05. The average molecular weight is 224 g/mol. The van der Waals surface area contributed by atoms with Gasteiger partial charge in [-0.2, -0.15) is 0 Å². The normalized spacial score (nSPS) is 18.7. The smallest absolute Gasteiger partial charge is 0.294 e. The van der Waals surface area contributed by atoms with E-state index < -0.39 is 36.0 Å². The molecule has 0 fully saturated rings. The Morgan fingerprint density at radius 2 is 1.93 bits per heavy atom. The van der Waals surface area contributed by atoms with Crippen molar-refractivity contribution in [3.8, 4) is 0 Å². The number of nitrogens with zero attached hydrogens (tertiary/aromatic N) is 1. The summed E-state index contributed by atoms with van der Waals surface area (Å²) in [5.74, 6) is 0. The number of hydrogen-bond acceptors (Lipinski definition) is 8. The predicted molar refractivity (Wildman–Crippen MR) is 45.0 cm³/mol. The van der Waals surface area contributed by atoms with E-state index in [1.807, 2.05) is 0 Å². The highest BCUT2D eigenvalue weighted by atomic mass is 17.0. The monoisotopic (exact) mass is 224 g/mol. The van der Waals surface area contributed by atoms with Gasteiger partial charge >= 0.3 is 0 Å². The Morgan fingerprint density at radius 3 is 2.33 bits per heavy atom. The molecule has 0 aromatic heterocycles. The first kappa shape index (κ1) is 13.7. The lowest BCUT2D eigenvalue weighted by Gasteiger charge is -2.23. The number of aldehydes is 1. The Hall–Kier alpha value is -1.29. The van der Waals surface area contributed by atoms with Crippen molar-refractivity contribution in [2.24, 2.45) is 5.73 Å². The van der Waals surface area contributed by atoms with Gasteiger partial charge < -0.3 is 30.7 Å². The lowest BCUT2D eigenvalue weighted by atomic mass is 10.0. The molecule has 0 saturated heterocycles. The topological polar surface area (TPSA) is 156 Å². The Kier molecular flexibility index (Phi) is 5.70. The Bertz CT molecular complexity index is 224. The Balaban J connectivity index is 4.11. The molecule has 0 aliphatic rings. The van der Waals surface area contributed by atoms with E-state index in [1.165, 1.54) is 0 Å². The van der Waals surface area contributed by atoms with Crippen molar-refractivity contribution in [1.82, 2.24) is 0 Å². The maximum Gasteiger partial charge on any atom is 0.294 e. The van der Waals surface area contributed by atoms with Gasteiger partial charge in [0.25, 0.3) is 5.09 Å². The fourth-order valence-corrected chi connectivity index (χ4v) is 0.772. The largest absolute Gasteiger partial charge is 0.388 e. The number of aliphatic hydroxyl groups is 3. The lowest BCUT2D eigenvalue weighted by Crippen LogP contribution is -2.50. The van der Waals surface area contributed by atoms with Crippen molar-refractivity contribution in [2.45, 2.75) is 24.4 Å². The van der Waals surface area contributed by atoms with Gasteiger partial charge in [0.1, 0.15) is 31.2 Å². The van der Waals surface area contributed by atoms with Gasteiger partial charge in [0.15, 0.2) is 0 Å². The Labute approximate surface area is 84.2 Å². The van der Waals surface area contributed by atoms with Crippen molar-refractivity contribution in [1.29, 1.82) is 0 Å². The molecule has 0 unspecified atom stereocenters. The highest BCUT2D eigenvalue weighted by molar-refractivity contribution is 5.58. The molecule has 9 heteroatoms. The van der Waals surface area contributed by atoms with Crippen LogP contribution in [0.25, 0.3) is 0 Å². The summed E-state index contributed by atoms with van der Waals surface area (Å²) in [5.41, 5.74) is 5.05. The van der Waals surface area contributed by atoms with Crippen LogP contribution in [0.5, 0.6) is 0 Å². The summed E-state index contributed by atoms with van der Waals surface area (Å²) >= 11 is 0. The van der Waals surface area contributed by atoms with Crippen LogP contribution in [0, 0.1) is 10.1 Å². The molecule has 0 aliphatic carbocycles. The van der Waals surface area contributed by atoms with Gasteiger partial charge in [-0.15, -0.1) is 10.1 Å². The van der Waals surface area contributed by atoms with Gasteiger partial charge in [0, 0.05) is 0 Å². The van der Waals surface area contributed by atoms with Crippen LogP contribution in [0.2, 0.25) is 0 Å². The first-order chi connectivity index (χ1) is 6.90. The molecule has 0 rings (SSSR count).